The highest BCUT2D eigenvalue weighted by Crippen LogP contribution is 2.29. The van der Waals surface area contributed by atoms with Crippen LogP contribution in [0.4, 0.5) is 5.69 Å². The largest absolute Gasteiger partial charge is 0.398 e. The van der Waals surface area contributed by atoms with E-state index < -0.39 is 0 Å². The molecular weight excluding hydrogens is 180 g/mol. The van der Waals surface area contributed by atoms with Crippen molar-refractivity contribution in [2.24, 2.45) is 0 Å². The van der Waals surface area contributed by atoms with Crippen LogP contribution in [0.1, 0.15) is 13.3 Å². The van der Waals surface area contributed by atoms with Crippen molar-refractivity contribution >= 4 is 17.4 Å². The molecule has 0 fully saturated rings. The number of thioether (sulfide) groups is 1. The fourth-order valence-corrected chi connectivity index (χ4v) is 1.93. The van der Waals surface area contributed by atoms with Crippen LogP contribution in [0.25, 0.3) is 0 Å². The Labute approximate surface area is 82.7 Å². The first-order chi connectivity index (χ1) is 6.24. The number of anilines is 1. The first kappa shape index (κ1) is 9.94. The number of hydrogen-bond acceptors (Lipinski definition) is 3. The Morgan fingerprint density at radius 2 is 2.23 bits per heavy atom. The van der Waals surface area contributed by atoms with Gasteiger partial charge in [-0.2, -0.15) is 5.26 Å². The lowest BCUT2D eigenvalue weighted by atomic mass is 10.3. The minimum absolute atomic E-state index is 0.301. The van der Waals surface area contributed by atoms with Gasteiger partial charge in [0, 0.05) is 22.3 Å². The fourth-order valence-electron chi connectivity index (χ4n) is 0.975. The van der Waals surface area contributed by atoms with E-state index in [9.17, 15) is 0 Å². The van der Waals surface area contributed by atoms with E-state index in [4.69, 9.17) is 11.0 Å². The van der Waals surface area contributed by atoms with E-state index in [0.29, 0.717) is 11.7 Å². The highest BCUT2D eigenvalue weighted by Gasteiger charge is 2.05. The summed E-state index contributed by atoms with van der Waals surface area (Å²) in [5, 5.41) is 8.79. The van der Waals surface area contributed by atoms with Crippen LogP contribution in [0.5, 0.6) is 0 Å². The van der Waals surface area contributed by atoms with E-state index in [1.807, 2.05) is 31.2 Å². The van der Waals surface area contributed by atoms with Gasteiger partial charge >= 0.3 is 0 Å². The van der Waals surface area contributed by atoms with Crippen molar-refractivity contribution < 1.29 is 0 Å². The average molecular weight is 192 g/mol. The second-order valence-electron chi connectivity index (χ2n) is 2.83. The average Bonchev–Trinajstić information content (AvgIpc) is 2.09. The fraction of sp³-hybridized carbons (Fsp3) is 0.300. The van der Waals surface area contributed by atoms with Crippen molar-refractivity contribution in [1.82, 2.24) is 0 Å². The van der Waals surface area contributed by atoms with Crippen LogP contribution in [0, 0.1) is 11.3 Å². The molecule has 0 radical (unpaired) electrons. The molecule has 0 aromatic heterocycles. The van der Waals surface area contributed by atoms with Gasteiger partial charge in [0.1, 0.15) is 0 Å². The number of nitrogens with zero attached hydrogens (tertiary/aromatic N) is 1. The summed E-state index contributed by atoms with van der Waals surface area (Å²) in [6, 6.07) is 9.87. The molecule has 0 bridgehead atoms. The number of nitrogen functional groups attached to an aromatic ring is 1. The van der Waals surface area contributed by atoms with Gasteiger partial charge in [0.2, 0.25) is 0 Å². The predicted octanol–water partition coefficient (Wildman–Crippen LogP) is 2.66. The predicted molar refractivity (Wildman–Crippen MR) is 56.4 cm³/mol. The van der Waals surface area contributed by atoms with Crippen LogP contribution >= 0.6 is 11.8 Å². The second-order valence-corrected chi connectivity index (χ2v) is 4.31. The van der Waals surface area contributed by atoms with Crippen LogP contribution < -0.4 is 5.73 Å². The minimum atomic E-state index is 0.301. The molecule has 0 spiro atoms. The SMILES string of the molecule is CC(CC#N)Sc1ccccc1N. The van der Waals surface area contributed by atoms with Gasteiger partial charge in [0.25, 0.3) is 0 Å². The highest BCUT2D eigenvalue weighted by molar-refractivity contribution is 8.00. The van der Waals surface area contributed by atoms with Crippen molar-refractivity contribution in [2.75, 3.05) is 5.73 Å². The quantitative estimate of drug-likeness (QED) is 0.591. The minimum Gasteiger partial charge on any atom is -0.398 e. The lowest BCUT2D eigenvalue weighted by molar-refractivity contribution is 0.990. The standard InChI is InChI=1S/C10H12N2S/c1-8(6-7-11)13-10-5-3-2-4-9(10)12/h2-5,8H,6,12H2,1H3. The Bertz CT molecular complexity index is 317. The monoisotopic (exact) mass is 192 g/mol. The normalized spacial score (nSPS) is 12.0. The summed E-state index contributed by atoms with van der Waals surface area (Å²) in [5.41, 5.74) is 6.55. The van der Waals surface area contributed by atoms with Crippen molar-refractivity contribution in [3.63, 3.8) is 0 Å². The Hall–Kier alpha value is -1.14. The Morgan fingerprint density at radius 1 is 1.54 bits per heavy atom. The van der Waals surface area contributed by atoms with E-state index in [-0.39, 0.29) is 0 Å². The van der Waals surface area contributed by atoms with Crippen molar-refractivity contribution in [2.45, 2.75) is 23.5 Å². The molecule has 2 N–H and O–H groups in total. The first-order valence-corrected chi connectivity index (χ1v) is 5.00. The molecule has 0 amide bonds. The van der Waals surface area contributed by atoms with E-state index in [2.05, 4.69) is 6.07 Å². The van der Waals surface area contributed by atoms with Crippen LogP contribution in [0.2, 0.25) is 0 Å². The number of hydrogen-bond donors (Lipinski definition) is 1. The first-order valence-electron chi connectivity index (χ1n) is 4.12. The van der Waals surface area contributed by atoms with Crippen LogP contribution in [0.3, 0.4) is 0 Å². The number of benzene rings is 1. The molecule has 1 rings (SSSR count). The third-order valence-corrected chi connectivity index (χ3v) is 2.82. The van der Waals surface area contributed by atoms with Gasteiger partial charge in [-0.25, -0.2) is 0 Å². The van der Waals surface area contributed by atoms with E-state index in [1.54, 1.807) is 11.8 Å². The number of rotatable bonds is 3. The lowest BCUT2D eigenvalue weighted by Gasteiger charge is -2.08. The van der Waals surface area contributed by atoms with E-state index in [1.165, 1.54) is 0 Å². The number of nitrogens with two attached hydrogens (primary N) is 1. The zero-order chi connectivity index (χ0) is 9.68. The summed E-state index contributed by atoms with van der Waals surface area (Å²) in [4.78, 5) is 1.06. The molecule has 1 atom stereocenters. The summed E-state index contributed by atoms with van der Waals surface area (Å²) >= 11 is 1.65. The van der Waals surface area contributed by atoms with Crippen LogP contribution in [-0.2, 0) is 0 Å². The maximum absolute atomic E-state index is 8.49. The Balaban J connectivity index is 2.64. The summed E-state index contributed by atoms with van der Waals surface area (Å²) in [6.07, 6.45) is 0.555. The maximum atomic E-state index is 8.49. The summed E-state index contributed by atoms with van der Waals surface area (Å²) < 4.78 is 0. The molecule has 1 unspecified atom stereocenters. The molecule has 0 aliphatic heterocycles. The van der Waals surface area contributed by atoms with E-state index >= 15 is 0 Å². The molecule has 0 heterocycles. The van der Waals surface area contributed by atoms with Gasteiger partial charge in [-0.15, -0.1) is 11.8 Å². The molecule has 0 aliphatic rings. The lowest BCUT2D eigenvalue weighted by Crippen LogP contribution is -1.95. The third kappa shape index (κ3) is 3.00. The molecule has 68 valence electrons. The molecule has 0 saturated carbocycles. The zero-order valence-corrected chi connectivity index (χ0v) is 8.34. The van der Waals surface area contributed by atoms with Gasteiger partial charge in [-0.3, -0.25) is 0 Å². The van der Waals surface area contributed by atoms with Gasteiger partial charge < -0.3 is 5.73 Å². The van der Waals surface area contributed by atoms with Gasteiger partial charge in [-0.1, -0.05) is 19.1 Å². The van der Waals surface area contributed by atoms with Crippen molar-refractivity contribution in [3.05, 3.63) is 24.3 Å². The Kier molecular flexibility index (Phi) is 3.66. The third-order valence-electron chi connectivity index (χ3n) is 1.63. The van der Waals surface area contributed by atoms with Crippen LogP contribution in [-0.4, -0.2) is 5.25 Å². The maximum Gasteiger partial charge on any atom is 0.0633 e. The van der Waals surface area contributed by atoms with Gasteiger partial charge in [-0.05, 0) is 12.1 Å². The second kappa shape index (κ2) is 4.78. The molecular formula is C10H12N2S. The van der Waals surface area contributed by atoms with Gasteiger partial charge in [0.05, 0.1) is 6.07 Å². The zero-order valence-electron chi connectivity index (χ0n) is 7.53. The van der Waals surface area contributed by atoms with Crippen molar-refractivity contribution in [1.29, 1.82) is 5.26 Å². The highest BCUT2D eigenvalue weighted by atomic mass is 32.2. The topological polar surface area (TPSA) is 49.8 Å². The molecule has 0 saturated heterocycles. The van der Waals surface area contributed by atoms with E-state index in [0.717, 1.165) is 10.6 Å². The number of nitriles is 1. The summed E-state index contributed by atoms with van der Waals surface area (Å²) in [5.74, 6) is 0. The molecule has 13 heavy (non-hydrogen) atoms. The number of para-hydroxylation sites is 1. The Morgan fingerprint density at radius 3 is 2.85 bits per heavy atom. The summed E-state index contributed by atoms with van der Waals surface area (Å²) in [6.45, 7) is 2.03. The molecule has 3 heteroatoms. The molecule has 0 aliphatic carbocycles. The van der Waals surface area contributed by atoms with Crippen molar-refractivity contribution in [3.8, 4) is 6.07 Å². The van der Waals surface area contributed by atoms with Crippen LogP contribution in [0.15, 0.2) is 29.2 Å². The smallest absolute Gasteiger partial charge is 0.0633 e. The molecule has 1 aromatic rings. The molecule has 2 nitrogen and oxygen atoms in total. The summed E-state index contributed by atoms with van der Waals surface area (Å²) in [7, 11) is 0. The van der Waals surface area contributed by atoms with Gasteiger partial charge in [0.15, 0.2) is 0 Å². The molecule has 1 aromatic carbocycles.